The Balaban J connectivity index is 1.42. The number of carbonyl (C=O) groups excluding carboxylic acids is 1. The molecule has 7 heteroatoms. The molecule has 0 saturated heterocycles. The molecule has 1 N–H and O–H groups in total. The fourth-order valence-corrected chi connectivity index (χ4v) is 4.17. The van der Waals surface area contributed by atoms with Crippen LogP contribution in [0.1, 0.15) is 30.9 Å². The van der Waals surface area contributed by atoms with Crippen molar-refractivity contribution in [3.8, 4) is 16.3 Å². The van der Waals surface area contributed by atoms with Gasteiger partial charge in [-0.05, 0) is 61.9 Å². The van der Waals surface area contributed by atoms with Crippen LogP contribution in [0.3, 0.4) is 0 Å². The van der Waals surface area contributed by atoms with E-state index in [2.05, 4.69) is 21.6 Å². The largest absolute Gasteiger partial charge is 0.481 e. The summed E-state index contributed by atoms with van der Waals surface area (Å²) >= 11 is 7.23. The van der Waals surface area contributed by atoms with Gasteiger partial charge in [0.1, 0.15) is 10.8 Å². The van der Waals surface area contributed by atoms with Gasteiger partial charge in [0.05, 0.1) is 0 Å². The third-order valence-corrected chi connectivity index (χ3v) is 5.91. The van der Waals surface area contributed by atoms with Crippen LogP contribution in [-0.2, 0) is 17.6 Å². The fraction of sp³-hybridized carbons (Fsp3) is 0.286. The van der Waals surface area contributed by atoms with Gasteiger partial charge >= 0.3 is 0 Å². The van der Waals surface area contributed by atoms with Crippen LogP contribution < -0.4 is 10.1 Å². The van der Waals surface area contributed by atoms with E-state index in [1.54, 1.807) is 19.1 Å². The monoisotopic (exact) mass is 413 g/mol. The van der Waals surface area contributed by atoms with Crippen LogP contribution in [0.15, 0.2) is 42.5 Å². The van der Waals surface area contributed by atoms with Gasteiger partial charge < -0.3 is 4.74 Å². The van der Waals surface area contributed by atoms with Gasteiger partial charge in [-0.3, -0.25) is 10.1 Å². The average molecular weight is 414 g/mol. The van der Waals surface area contributed by atoms with Crippen LogP contribution in [-0.4, -0.2) is 22.2 Å². The molecule has 5 nitrogen and oxygen atoms in total. The van der Waals surface area contributed by atoms with E-state index < -0.39 is 6.10 Å². The lowest BCUT2D eigenvalue weighted by Crippen LogP contribution is -2.30. The third kappa shape index (κ3) is 4.18. The van der Waals surface area contributed by atoms with Gasteiger partial charge in [-0.2, -0.15) is 0 Å². The molecule has 0 unspecified atom stereocenters. The molecule has 144 valence electrons. The van der Waals surface area contributed by atoms with Gasteiger partial charge in [-0.1, -0.05) is 47.2 Å². The van der Waals surface area contributed by atoms with Crippen LogP contribution in [0.2, 0.25) is 5.02 Å². The van der Waals surface area contributed by atoms with Crippen molar-refractivity contribution in [3.05, 3.63) is 58.6 Å². The van der Waals surface area contributed by atoms with E-state index in [0.29, 0.717) is 10.2 Å². The minimum Gasteiger partial charge on any atom is -0.481 e. The number of aryl methyl sites for hydroxylation is 1. The quantitative estimate of drug-likeness (QED) is 0.628. The second-order valence-electron chi connectivity index (χ2n) is 6.77. The fourth-order valence-electron chi connectivity index (χ4n) is 3.29. The van der Waals surface area contributed by atoms with Crippen molar-refractivity contribution in [1.29, 1.82) is 0 Å². The van der Waals surface area contributed by atoms with E-state index in [9.17, 15) is 4.79 Å². The second-order valence-corrected chi connectivity index (χ2v) is 8.18. The molecule has 1 heterocycles. The summed E-state index contributed by atoms with van der Waals surface area (Å²) in [5.74, 6) is 0.561. The molecule has 0 spiro atoms. The molecule has 0 saturated carbocycles. The maximum absolute atomic E-state index is 12.6. The van der Waals surface area contributed by atoms with Crippen LogP contribution in [0.5, 0.6) is 5.75 Å². The Morgan fingerprint density at radius 3 is 2.75 bits per heavy atom. The standard InChI is InChI=1S/C21H20ClN3O2S/c1-13(27-18-8-4-6-14-5-2-3-7-17(14)18)19(26)23-21-25-24-20(28-21)15-9-11-16(22)12-10-15/h4,6,8-13H,2-3,5,7H2,1H3,(H,23,25,26)/t13-/m1/s1. The first kappa shape index (κ1) is 18.9. The zero-order chi connectivity index (χ0) is 19.5. The highest BCUT2D eigenvalue weighted by molar-refractivity contribution is 7.18. The Morgan fingerprint density at radius 1 is 1.14 bits per heavy atom. The Bertz CT molecular complexity index is 988. The van der Waals surface area contributed by atoms with E-state index in [4.69, 9.17) is 16.3 Å². The molecule has 0 fully saturated rings. The number of rotatable bonds is 5. The van der Waals surface area contributed by atoms with Crippen LogP contribution in [0.4, 0.5) is 5.13 Å². The van der Waals surface area contributed by atoms with Gasteiger partial charge in [0, 0.05) is 10.6 Å². The number of hydrogen-bond donors (Lipinski definition) is 1. The number of carbonyl (C=O) groups is 1. The summed E-state index contributed by atoms with van der Waals surface area (Å²) in [6.07, 6.45) is 3.81. The van der Waals surface area contributed by atoms with Gasteiger partial charge in [0.2, 0.25) is 5.13 Å². The smallest absolute Gasteiger partial charge is 0.266 e. The number of fused-ring (bicyclic) bond motifs is 1. The lowest BCUT2D eigenvalue weighted by atomic mass is 9.91. The summed E-state index contributed by atoms with van der Waals surface area (Å²) in [4.78, 5) is 12.6. The lowest BCUT2D eigenvalue weighted by Gasteiger charge is -2.21. The number of halogens is 1. The van der Waals surface area contributed by atoms with E-state index in [1.165, 1.54) is 28.9 Å². The minimum absolute atomic E-state index is 0.243. The van der Waals surface area contributed by atoms with Crippen LogP contribution >= 0.6 is 22.9 Å². The number of aromatic nitrogens is 2. The van der Waals surface area contributed by atoms with Crippen molar-refractivity contribution in [2.75, 3.05) is 5.32 Å². The van der Waals surface area contributed by atoms with E-state index in [-0.39, 0.29) is 5.91 Å². The topological polar surface area (TPSA) is 64.1 Å². The summed E-state index contributed by atoms with van der Waals surface area (Å²) in [7, 11) is 0. The van der Waals surface area contributed by atoms with Gasteiger partial charge in [-0.25, -0.2) is 0 Å². The summed E-state index contributed by atoms with van der Waals surface area (Å²) < 4.78 is 5.98. The van der Waals surface area contributed by atoms with Gasteiger partial charge in [0.15, 0.2) is 6.10 Å². The molecule has 1 atom stereocenters. The normalized spacial score (nSPS) is 14.2. The van der Waals surface area contributed by atoms with E-state index >= 15 is 0 Å². The molecular formula is C21H20ClN3O2S. The minimum atomic E-state index is -0.628. The molecule has 1 aliphatic rings. The van der Waals surface area contributed by atoms with E-state index in [0.717, 1.165) is 35.6 Å². The average Bonchev–Trinajstić information content (AvgIpc) is 3.17. The lowest BCUT2D eigenvalue weighted by molar-refractivity contribution is -0.122. The van der Waals surface area contributed by atoms with Crippen molar-refractivity contribution in [2.45, 2.75) is 38.7 Å². The Kier molecular flexibility index (Phi) is 5.59. The highest BCUT2D eigenvalue weighted by atomic mass is 35.5. The Morgan fingerprint density at radius 2 is 1.93 bits per heavy atom. The maximum Gasteiger partial charge on any atom is 0.266 e. The molecule has 1 aliphatic carbocycles. The Labute approximate surface area is 172 Å². The molecule has 1 amide bonds. The highest BCUT2D eigenvalue weighted by Gasteiger charge is 2.20. The van der Waals surface area contributed by atoms with Crippen molar-refractivity contribution in [1.82, 2.24) is 10.2 Å². The Hall–Kier alpha value is -2.44. The predicted molar refractivity (Wildman–Crippen MR) is 112 cm³/mol. The molecule has 28 heavy (non-hydrogen) atoms. The molecule has 0 aliphatic heterocycles. The van der Waals surface area contributed by atoms with Crippen molar-refractivity contribution in [2.24, 2.45) is 0 Å². The summed E-state index contributed by atoms with van der Waals surface area (Å²) in [6.45, 7) is 1.75. The number of ether oxygens (including phenoxy) is 1. The predicted octanol–water partition coefficient (Wildman–Crippen LogP) is 5.14. The molecule has 2 aromatic carbocycles. The molecular weight excluding hydrogens is 394 g/mol. The summed E-state index contributed by atoms with van der Waals surface area (Å²) in [5.41, 5.74) is 3.46. The zero-order valence-electron chi connectivity index (χ0n) is 15.4. The molecule has 0 radical (unpaired) electrons. The third-order valence-electron chi connectivity index (χ3n) is 4.77. The maximum atomic E-state index is 12.6. The summed E-state index contributed by atoms with van der Waals surface area (Å²) in [6, 6.07) is 13.4. The van der Waals surface area contributed by atoms with Crippen molar-refractivity contribution < 1.29 is 9.53 Å². The van der Waals surface area contributed by atoms with Crippen molar-refractivity contribution >= 4 is 34.0 Å². The number of hydrogen-bond acceptors (Lipinski definition) is 5. The first-order valence-corrected chi connectivity index (χ1v) is 10.5. The molecule has 1 aromatic heterocycles. The van der Waals surface area contributed by atoms with Gasteiger partial charge in [0.25, 0.3) is 5.91 Å². The highest BCUT2D eigenvalue weighted by Crippen LogP contribution is 2.31. The van der Waals surface area contributed by atoms with Crippen LogP contribution in [0, 0.1) is 0 Å². The molecule has 4 rings (SSSR count). The number of nitrogens with one attached hydrogen (secondary N) is 1. The molecule has 3 aromatic rings. The second kappa shape index (κ2) is 8.29. The SMILES string of the molecule is C[C@@H](Oc1cccc2c1CCCC2)C(=O)Nc1nnc(-c2ccc(Cl)cc2)s1. The number of benzene rings is 2. The first-order valence-electron chi connectivity index (χ1n) is 9.28. The van der Waals surface area contributed by atoms with Gasteiger partial charge in [-0.15, -0.1) is 10.2 Å². The number of anilines is 1. The number of nitrogens with zero attached hydrogens (tertiary/aromatic N) is 2. The number of amides is 1. The summed E-state index contributed by atoms with van der Waals surface area (Å²) in [5, 5.41) is 12.8. The van der Waals surface area contributed by atoms with Crippen LogP contribution in [0.25, 0.3) is 10.6 Å². The van der Waals surface area contributed by atoms with E-state index in [1.807, 2.05) is 24.3 Å². The molecule has 0 bridgehead atoms. The zero-order valence-corrected chi connectivity index (χ0v) is 17.0. The first-order chi connectivity index (χ1) is 13.6. The van der Waals surface area contributed by atoms with Crippen molar-refractivity contribution in [3.63, 3.8) is 0 Å².